The molecule has 1 aromatic carbocycles. The van der Waals surface area contributed by atoms with Crippen LogP contribution < -0.4 is 10.6 Å². The first kappa shape index (κ1) is 18.8. The summed E-state index contributed by atoms with van der Waals surface area (Å²) < 4.78 is 0. The molecule has 0 bridgehead atoms. The van der Waals surface area contributed by atoms with Crippen molar-refractivity contribution in [3.63, 3.8) is 0 Å². The Morgan fingerprint density at radius 1 is 1.25 bits per heavy atom. The lowest BCUT2D eigenvalue weighted by molar-refractivity contribution is 0.210. The van der Waals surface area contributed by atoms with E-state index in [0.29, 0.717) is 0 Å². The molecule has 1 atom stereocenters. The molecular weight excluding hydrogens is 296 g/mol. The van der Waals surface area contributed by atoms with Crippen molar-refractivity contribution in [3.05, 3.63) is 35.4 Å². The molecule has 1 aliphatic heterocycles. The second-order valence-electron chi connectivity index (χ2n) is 7.08. The van der Waals surface area contributed by atoms with E-state index in [-0.39, 0.29) is 0 Å². The summed E-state index contributed by atoms with van der Waals surface area (Å²) in [4.78, 5) is 7.21. The molecule has 1 aliphatic rings. The molecule has 4 heteroatoms. The summed E-state index contributed by atoms with van der Waals surface area (Å²) in [7, 11) is 2.22. The third-order valence-electron chi connectivity index (χ3n) is 4.64. The molecule has 1 saturated heterocycles. The van der Waals surface area contributed by atoms with Crippen LogP contribution in [-0.2, 0) is 6.54 Å². The molecule has 4 nitrogen and oxygen atoms in total. The zero-order valence-corrected chi connectivity index (χ0v) is 15.6. The average Bonchev–Trinajstić information content (AvgIpc) is 2.58. The van der Waals surface area contributed by atoms with Crippen molar-refractivity contribution >= 4 is 5.96 Å². The largest absolute Gasteiger partial charge is 0.356 e. The average molecular weight is 331 g/mol. The van der Waals surface area contributed by atoms with Crippen molar-refractivity contribution in [2.75, 3.05) is 33.2 Å². The summed E-state index contributed by atoms with van der Waals surface area (Å²) in [5.74, 6) is 1.68. The molecule has 0 aromatic heterocycles. The molecule has 2 N–H and O–H groups in total. The second kappa shape index (κ2) is 10.3. The molecule has 1 aromatic rings. The highest BCUT2D eigenvalue weighted by atomic mass is 15.2. The van der Waals surface area contributed by atoms with Crippen LogP contribution in [0.1, 0.15) is 43.7 Å². The van der Waals surface area contributed by atoms with Crippen molar-refractivity contribution in [2.45, 2.75) is 46.1 Å². The molecule has 24 heavy (non-hydrogen) atoms. The highest BCUT2D eigenvalue weighted by molar-refractivity contribution is 5.79. The van der Waals surface area contributed by atoms with Crippen molar-refractivity contribution < 1.29 is 0 Å². The van der Waals surface area contributed by atoms with Gasteiger partial charge in [-0.2, -0.15) is 0 Å². The standard InChI is InChI=1S/C20H34N4/c1-4-5-12-21-20(22-14-18-10-8-17(2)9-11-18)23-15-19-7-6-13-24(3)16-19/h8-11,19H,4-7,12-16H2,1-3H3,(H2,21,22,23). The summed E-state index contributed by atoms with van der Waals surface area (Å²) in [6, 6.07) is 8.64. The van der Waals surface area contributed by atoms with Gasteiger partial charge in [0.05, 0.1) is 6.54 Å². The quantitative estimate of drug-likeness (QED) is 0.458. The van der Waals surface area contributed by atoms with Gasteiger partial charge < -0.3 is 15.5 Å². The summed E-state index contributed by atoms with van der Waals surface area (Å²) in [5.41, 5.74) is 2.55. The molecular formula is C20H34N4. The van der Waals surface area contributed by atoms with Gasteiger partial charge in [0, 0.05) is 19.6 Å². The fourth-order valence-corrected chi connectivity index (χ4v) is 3.10. The van der Waals surface area contributed by atoms with E-state index in [1.54, 1.807) is 0 Å². The molecule has 0 radical (unpaired) electrons. The highest BCUT2D eigenvalue weighted by Gasteiger charge is 2.17. The lowest BCUT2D eigenvalue weighted by Crippen LogP contribution is -2.43. The SMILES string of the molecule is CCCCNC(=NCc1ccc(C)cc1)NCC1CCCN(C)C1. The van der Waals surface area contributed by atoms with Gasteiger partial charge in [-0.25, -0.2) is 4.99 Å². The van der Waals surface area contributed by atoms with Gasteiger partial charge in [0.25, 0.3) is 0 Å². The zero-order valence-electron chi connectivity index (χ0n) is 15.6. The number of aryl methyl sites for hydroxylation is 1. The van der Waals surface area contributed by atoms with Crippen molar-refractivity contribution in [1.82, 2.24) is 15.5 Å². The van der Waals surface area contributed by atoms with Crippen LogP contribution in [0.15, 0.2) is 29.3 Å². The second-order valence-corrected chi connectivity index (χ2v) is 7.08. The Balaban J connectivity index is 1.87. The highest BCUT2D eigenvalue weighted by Crippen LogP contribution is 2.13. The molecule has 0 amide bonds. The van der Waals surface area contributed by atoms with Crippen LogP contribution in [0.25, 0.3) is 0 Å². The Bertz CT molecular complexity index is 495. The number of nitrogens with zero attached hydrogens (tertiary/aromatic N) is 2. The number of likely N-dealkylation sites (tertiary alicyclic amines) is 1. The van der Waals surface area contributed by atoms with E-state index >= 15 is 0 Å². The molecule has 0 aliphatic carbocycles. The van der Waals surface area contributed by atoms with Crippen molar-refractivity contribution in [2.24, 2.45) is 10.9 Å². The van der Waals surface area contributed by atoms with E-state index in [9.17, 15) is 0 Å². The van der Waals surface area contributed by atoms with Crippen molar-refractivity contribution in [3.8, 4) is 0 Å². The van der Waals surface area contributed by atoms with E-state index in [1.807, 2.05) is 0 Å². The minimum atomic E-state index is 0.723. The number of benzene rings is 1. The van der Waals surface area contributed by atoms with Gasteiger partial charge in [-0.15, -0.1) is 0 Å². The van der Waals surface area contributed by atoms with Gasteiger partial charge in [0.1, 0.15) is 0 Å². The summed E-state index contributed by atoms with van der Waals surface area (Å²) in [5, 5.41) is 7.04. The van der Waals surface area contributed by atoms with Gasteiger partial charge >= 0.3 is 0 Å². The minimum absolute atomic E-state index is 0.723. The number of aliphatic imine (C=N–C) groups is 1. The molecule has 1 unspecified atom stereocenters. The Hall–Kier alpha value is -1.55. The van der Waals surface area contributed by atoms with Gasteiger partial charge in [-0.05, 0) is 51.3 Å². The van der Waals surface area contributed by atoms with Gasteiger partial charge in [0.2, 0.25) is 0 Å². The Labute approximate surface area is 147 Å². The first-order valence-electron chi connectivity index (χ1n) is 9.43. The molecule has 2 rings (SSSR count). The zero-order chi connectivity index (χ0) is 17.2. The Morgan fingerprint density at radius 2 is 2.04 bits per heavy atom. The summed E-state index contributed by atoms with van der Waals surface area (Å²) in [6.07, 6.45) is 5.00. The first-order chi connectivity index (χ1) is 11.7. The molecule has 1 fully saturated rings. The Morgan fingerprint density at radius 3 is 2.75 bits per heavy atom. The third-order valence-corrected chi connectivity index (χ3v) is 4.64. The number of nitrogens with one attached hydrogen (secondary N) is 2. The normalized spacial score (nSPS) is 19.3. The van der Waals surface area contributed by atoms with E-state index in [4.69, 9.17) is 4.99 Å². The number of hydrogen-bond acceptors (Lipinski definition) is 2. The number of unbranched alkanes of at least 4 members (excludes halogenated alkanes) is 1. The van der Waals surface area contributed by atoms with Crippen LogP contribution in [0.5, 0.6) is 0 Å². The van der Waals surface area contributed by atoms with Gasteiger partial charge in [-0.1, -0.05) is 43.2 Å². The minimum Gasteiger partial charge on any atom is -0.356 e. The van der Waals surface area contributed by atoms with Crippen LogP contribution in [-0.4, -0.2) is 44.1 Å². The monoisotopic (exact) mass is 330 g/mol. The van der Waals surface area contributed by atoms with E-state index < -0.39 is 0 Å². The maximum absolute atomic E-state index is 4.78. The summed E-state index contributed by atoms with van der Waals surface area (Å²) >= 11 is 0. The van der Waals surface area contributed by atoms with Gasteiger partial charge in [0.15, 0.2) is 5.96 Å². The van der Waals surface area contributed by atoms with E-state index in [0.717, 1.165) is 31.5 Å². The maximum Gasteiger partial charge on any atom is 0.191 e. The van der Waals surface area contributed by atoms with E-state index in [1.165, 1.54) is 49.9 Å². The predicted octanol–water partition coefficient (Wildman–Crippen LogP) is 3.17. The molecule has 134 valence electrons. The molecule has 1 heterocycles. The number of hydrogen-bond donors (Lipinski definition) is 2. The fourth-order valence-electron chi connectivity index (χ4n) is 3.10. The first-order valence-corrected chi connectivity index (χ1v) is 9.43. The van der Waals surface area contributed by atoms with Crippen LogP contribution in [0.2, 0.25) is 0 Å². The van der Waals surface area contributed by atoms with Crippen LogP contribution in [0.4, 0.5) is 0 Å². The van der Waals surface area contributed by atoms with Crippen LogP contribution in [0.3, 0.4) is 0 Å². The maximum atomic E-state index is 4.78. The molecule has 0 saturated carbocycles. The van der Waals surface area contributed by atoms with Crippen LogP contribution in [0, 0.1) is 12.8 Å². The number of piperidine rings is 1. The van der Waals surface area contributed by atoms with E-state index in [2.05, 4.69) is 60.7 Å². The molecule has 0 spiro atoms. The Kier molecular flexibility index (Phi) is 8.10. The van der Waals surface area contributed by atoms with Gasteiger partial charge in [-0.3, -0.25) is 0 Å². The fraction of sp³-hybridized carbons (Fsp3) is 0.650. The summed E-state index contributed by atoms with van der Waals surface area (Å²) in [6.45, 7) is 9.49. The lowest BCUT2D eigenvalue weighted by Gasteiger charge is -2.30. The van der Waals surface area contributed by atoms with Crippen LogP contribution >= 0.6 is 0 Å². The third kappa shape index (κ3) is 6.91. The number of guanidine groups is 1. The lowest BCUT2D eigenvalue weighted by atomic mass is 9.99. The van der Waals surface area contributed by atoms with Crippen molar-refractivity contribution in [1.29, 1.82) is 0 Å². The smallest absolute Gasteiger partial charge is 0.191 e. The number of rotatable bonds is 7. The topological polar surface area (TPSA) is 39.7 Å². The predicted molar refractivity (Wildman–Crippen MR) is 103 cm³/mol.